The van der Waals surface area contributed by atoms with E-state index < -0.39 is 11.0 Å². The Hall–Kier alpha value is -1.63. The van der Waals surface area contributed by atoms with Crippen LogP contribution in [0.1, 0.15) is 52.8 Å². The van der Waals surface area contributed by atoms with Crippen LogP contribution in [0.2, 0.25) is 0 Å². The third kappa shape index (κ3) is 5.50. The molecule has 0 aliphatic carbocycles. The molecule has 2 aromatic heterocycles. The lowest BCUT2D eigenvalue weighted by molar-refractivity contribution is 0.473. The second-order valence-corrected chi connectivity index (χ2v) is 11.5. The summed E-state index contributed by atoms with van der Waals surface area (Å²) < 4.78 is 16.7. The van der Waals surface area contributed by atoms with Gasteiger partial charge in [-0.3, -0.25) is 9.97 Å². The average molecular weight is 474 g/mol. The predicted octanol–water partition coefficient (Wildman–Crippen LogP) is 6.20. The molecule has 1 aromatic carbocycles. The van der Waals surface area contributed by atoms with Crippen molar-refractivity contribution in [2.24, 2.45) is 5.92 Å². The first kappa shape index (κ1) is 22.1. The number of halogens is 1. The summed E-state index contributed by atoms with van der Waals surface area (Å²) in [5, 5.41) is 1.06. The topological polar surface area (TPSA) is 54.9 Å². The summed E-state index contributed by atoms with van der Waals surface area (Å²) >= 11 is 3.74. The van der Waals surface area contributed by atoms with Crippen molar-refractivity contribution in [3.8, 4) is 11.1 Å². The molecule has 0 aliphatic rings. The van der Waals surface area contributed by atoms with Gasteiger partial charge in [0.05, 0.1) is 33.0 Å². The van der Waals surface area contributed by atoms with Crippen LogP contribution in [-0.2, 0) is 11.0 Å². The summed E-state index contributed by atoms with van der Waals surface area (Å²) in [7, 11) is -1.16. The Labute approximate surface area is 184 Å². The number of nitrogens with zero attached hydrogens (tertiary/aromatic N) is 2. The second-order valence-electron chi connectivity index (χ2n) is 8.68. The lowest BCUT2D eigenvalue weighted by atomic mass is 10.00. The molecule has 0 saturated carbocycles. The Balaban J connectivity index is 2.00. The zero-order valence-electron chi connectivity index (χ0n) is 17.6. The summed E-state index contributed by atoms with van der Waals surface area (Å²) in [4.78, 5) is 9.01. The van der Waals surface area contributed by atoms with Crippen molar-refractivity contribution in [2.45, 2.75) is 51.8 Å². The van der Waals surface area contributed by atoms with Crippen molar-refractivity contribution in [3.05, 3.63) is 59.0 Å². The fourth-order valence-corrected chi connectivity index (χ4v) is 4.49. The fraction of sp³-hybridized carbons (Fsp3) is 0.391. The maximum Gasteiger partial charge on any atom is 0.0976 e. The van der Waals surface area contributed by atoms with E-state index in [0.717, 1.165) is 38.6 Å². The minimum Gasteiger partial charge on any atom is -0.265 e. The monoisotopic (exact) mass is 473 g/mol. The first-order valence-corrected chi connectivity index (χ1v) is 11.8. The highest BCUT2D eigenvalue weighted by molar-refractivity contribution is 9.10. The van der Waals surface area contributed by atoms with Crippen LogP contribution in [0.25, 0.3) is 22.0 Å². The van der Waals surface area contributed by atoms with Crippen molar-refractivity contribution in [1.29, 1.82) is 0 Å². The van der Waals surface area contributed by atoms with Gasteiger partial charge in [-0.2, -0.15) is 0 Å². The van der Waals surface area contributed by atoms with Gasteiger partial charge < -0.3 is 0 Å². The molecule has 2 atom stereocenters. The minimum absolute atomic E-state index is 0.0735. The summed E-state index contributed by atoms with van der Waals surface area (Å²) in [5.41, 5.74) is 4.08. The minimum atomic E-state index is -1.16. The average Bonchev–Trinajstić information content (AvgIpc) is 2.66. The molecule has 6 heteroatoms. The van der Waals surface area contributed by atoms with Gasteiger partial charge in [-0.15, -0.1) is 0 Å². The Morgan fingerprint density at radius 2 is 1.76 bits per heavy atom. The fourth-order valence-electron chi connectivity index (χ4n) is 3.11. The van der Waals surface area contributed by atoms with E-state index in [9.17, 15) is 4.21 Å². The van der Waals surface area contributed by atoms with Crippen molar-refractivity contribution in [2.75, 3.05) is 0 Å². The summed E-state index contributed by atoms with van der Waals surface area (Å²) in [6, 6.07) is 12.3. The molecule has 2 heterocycles. The van der Waals surface area contributed by atoms with E-state index in [0.29, 0.717) is 5.92 Å². The van der Waals surface area contributed by atoms with Gasteiger partial charge in [-0.1, -0.05) is 35.8 Å². The molecule has 0 radical (unpaired) electrons. The number of hydrogen-bond donors (Lipinski definition) is 1. The van der Waals surface area contributed by atoms with E-state index in [1.165, 1.54) is 0 Å². The van der Waals surface area contributed by atoms with E-state index in [1.54, 1.807) is 12.4 Å². The van der Waals surface area contributed by atoms with Crippen LogP contribution in [0.5, 0.6) is 0 Å². The molecule has 0 spiro atoms. The zero-order valence-corrected chi connectivity index (χ0v) is 20.0. The second kappa shape index (κ2) is 9.02. The Kier molecular flexibility index (Phi) is 6.87. The zero-order chi connectivity index (χ0) is 21.2. The highest BCUT2D eigenvalue weighted by Crippen LogP contribution is 2.32. The predicted molar refractivity (Wildman–Crippen MR) is 126 cm³/mol. The van der Waals surface area contributed by atoms with Gasteiger partial charge in [-0.25, -0.2) is 8.93 Å². The largest absolute Gasteiger partial charge is 0.265 e. The number of benzene rings is 1. The quantitative estimate of drug-likeness (QED) is 0.463. The van der Waals surface area contributed by atoms with Crippen LogP contribution < -0.4 is 4.72 Å². The van der Waals surface area contributed by atoms with Gasteiger partial charge in [0.25, 0.3) is 0 Å². The molecule has 29 heavy (non-hydrogen) atoms. The molecule has 0 saturated heterocycles. The van der Waals surface area contributed by atoms with Crippen LogP contribution in [0, 0.1) is 5.92 Å². The first-order chi connectivity index (χ1) is 13.6. The maximum atomic E-state index is 12.7. The van der Waals surface area contributed by atoms with E-state index in [1.807, 2.05) is 39.0 Å². The number of aromatic nitrogens is 2. The maximum absolute atomic E-state index is 12.7. The lowest BCUT2D eigenvalue weighted by Crippen LogP contribution is -2.36. The molecule has 0 fully saturated rings. The van der Waals surface area contributed by atoms with Crippen molar-refractivity contribution in [3.63, 3.8) is 0 Å². The summed E-state index contributed by atoms with van der Waals surface area (Å²) in [5.74, 6) is 0.454. The molecular formula is C23H28BrN3OS. The first-order valence-electron chi connectivity index (χ1n) is 9.84. The lowest BCUT2D eigenvalue weighted by Gasteiger charge is -2.25. The normalized spacial score (nSPS) is 14.3. The Bertz CT molecular complexity index is 1020. The van der Waals surface area contributed by atoms with Gasteiger partial charge in [0, 0.05) is 22.3 Å². The number of fused-ring (bicyclic) bond motifs is 1. The van der Waals surface area contributed by atoms with Gasteiger partial charge >= 0.3 is 0 Å². The van der Waals surface area contributed by atoms with E-state index in [-0.39, 0.29) is 10.8 Å². The third-order valence-corrected chi connectivity index (χ3v) is 6.93. The number of rotatable bonds is 6. The molecular weight excluding hydrogens is 446 g/mol. The van der Waals surface area contributed by atoms with Gasteiger partial charge in [0.2, 0.25) is 0 Å². The SMILES string of the molecule is CC(C)CC(NS(=O)C(C)(C)C)c1cc(Br)c2cc(-c3ccncc3)ccc2n1. The van der Waals surface area contributed by atoms with Crippen molar-refractivity contribution < 1.29 is 4.21 Å². The van der Waals surface area contributed by atoms with Crippen molar-refractivity contribution >= 4 is 37.8 Å². The number of nitrogens with one attached hydrogen (secondary N) is 1. The molecule has 154 valence electrons. The van der Waals surface area contributed by atoms with Crippen LogP contribution in [0.4, 0.5) is 0 Å². The third-order valence-electron chi connectivity index (χ3n) is 4.66. The van der Waals surface area contributed by atoms with E-state index in [4.69, 9.17) is 4.98 Å². The molecule has 1 N–H and O–H groups in total. The molecule has 3 aromatic rings. The molecule has 0 aliphatic heterocycles. The molecule has 3 rings (SSSR count). The van der Waals surface area contributed by atoms with Crippen LogP contribution >= 0.6 is 15.9 Å². The van der Waals surface area contributed by atoms with Crippen LogP contribution in [-0.4, -0.2) is 18.9 Å². The van der Waals surface area contributed by atoms with Crippen LogP contribution in [0.15, 0.2) is 53.3 Å². The standard InChI is InChI=1S/C23H28BrN3OS/c1-15(2)12-22(27-29(28)23(3,4)5)21-14-19(24)18-13-17(6-7-20(18)26-21)16-8-10-25-11-9-16/h6-11,13-15,22,27H,12H2,1-5H3. The Morgan fingerprint density at radius 1 is 1.07 bits per heavy atom. The van der Waals surface area contributed by atoms with E-state index >= 15 is 0 Å². The van der Waals surface area contributed by atoms with Gasteiger partial charge in [0.1, 0.15) is 0 Å². The Morgan fingerprint density at radius 3 is 2.38 bits per heavy atom. The van der Waals surface area contributed by atoms with Gasteiger partial charge in [0.15, 0.2) is 0 Å². The smallest absolute Gasteiger partial charge is 0.0976 e. The molecule has 4 nitrogen and oxygen atoms in total. The van der Waals surface area contributed by atoms with Crippen molar-refractivity contribution in [1.82, 2.24) is 14.7 Å². The van der Waals surface area contributed by atoms with Crippen LogP contribution in [0.3, 0.4) is 0 Å². The molecule has 0 bridgehead atoms. The summed E-state index contributed by atoms with van der Waals surface area (Å²) in [6.45, 7) is 10.3. The highest BCUT2D eigenvalue weighted by atomic mass is 79.9. The molecule has 0 amide bonds. The highest BCUT2D eigenvalue weighted by Gasteiger charge is 2.25. The number of pyridine rings is 2. The summed E-state index contributed by atoms with van der Waals surface area (Å²) in [6.07, 6.45) is 4.46. The molecule has 2 unspecified atom stereocenters. The van der Waals surface area contributed by atoms with E-state index in [2.05, 4.69) is 57.7 Å². The number of hydrogen-bond acceptors (Lipinski definition) is 3. The van der Waals surface area contributed by atoms with Gasteiger partial charge in [-0.05, 0) is 74.6 Å².